The van der Waals surface area contributed by atoms with Gasteiger partial charge in [-0.1, -0.05) is 30.0 Å². The Morgan fingerprint density at radius 2 is 2.14 bits per heavy atom. The molecule has 7 heteroatoms. The van der Waals surface area contributed by atoms with Crippen molar-refractivity contribution in [2.45, 2.75) is 56.1 Å². The molecule has 6 nitrogen and oxygen atoms in total. The molecule has 0 spiro atoms. The van der Waals surface area contributed by atoms with Crippen molar-refractivity contribution in [3.05, 3.63) is 41.1 Å². The van der Waals surface area contributed by atoms with E-state index < -0.39 is 0 Å². The molecular formula is C21H27N5OS. The molecule has 0 radical (unpaired) electrons. The lowest BCUT2D eigenvalue weighted by atomic mass is 9.87. The van der Waals surface area contributed by atoms with Crippen molar-refractivity contribution >= 4 is 23.3 Å². The van der Waals surface area contributed by atoms with Gasteiger partial charge in [-0.25, -0.2) is 9.97 Å². The first-order chi connectivity index (χ1) is 13.6. The number of hydrogen-bond acceptors (Lipinski definition) is 7. The normalized spacial score (nSPS) is 26.8. The van der Waals surface area contributed by atoms with Gasteiger partial charge < -0.3 is 15.3 Å². The van der Waals surface area contributed by atoms with Crippen LogP contribution in [0.5, 0.6) is 0 Å². The second kappa shape index (κ2) is 7.21. The minimum atomic E-state index is -0.173. The van der Waals surface area contributed by atoms with Crippen LogP contribution in [-0.2, 0) is 6.54 Å². The number of nitrogens with zero attached hydrogens (tertiary/aromatic N) is 4. The molecule has 0 amide bonds. The highest BCUT2D eigenvalue weighted by Crippen LogP contribution is 2.41. The van der Waals surface area contributed by atoms with Crippen LogP contribution in [0.2, 0.25) is 0 Å². The Kier molecular flexibility index (Phi) is 4.69. The van der Waals surface area contributed by atoms with E-state index in [-0.39, 0.29) is 6.10 Å². The summed E-state index contributed by atoms with van der Waals surface area (Å²) >= 11 is 1.58. The smallest absolute Gasteiger partial charge is 0.189 e. The topological polar surface area (TPSA) is 64.5 Å². The average Bonchev–Trinajstić information content (AvgIpc) is 2.70. The molecule has 1 aromatic carbocycles. The second-order valence-electron chi connectivity index (χ2n) is 8.11. The summed E-state index contributed by atoms with van der Waals surface area (Å²) in [5.74, 6) is 1.06. The van der Waals surface area contributed by atoms with Crippen LogP contribution in [0.15, 0.2) is 29.6 Å². The fourth-order valence-corrected chi connectivity index (χ4v) is 5.10. The van der Waals surface area contributed by atoms with Gasteiger partial charge in [0, 0.05) is 42.6 Å². The Bertz CT molecular complexity index is 885. The summed E-state index contributed by atoms with van der Waals surface area (Å²) in [5.41, 5.74) is 5.19. The highest BCUT2D eigenvalue weighted by molar-refractivity contribution is 7.98. The van der Waals surface area contributed by atoms with Gasteiger partial charge in [-0.05, 0) is 43.6 Å². The maximum atomic E-state index is 9.89. The SMILES string of the molecule is CSc1ncc2c(n1)N(C1CC(O)C1)CN([C@H]1CCNc3c(C)cccc31)C2. The lowest BCUT2D eigenvalue weighted by molar-refractivity contribution is 0.0606. The molecule has 1 aromatic heterocycles. The van der Waals surface area contributed by atoms with Crippen molar-refractivity contribution in [2.75, 3.05) is 29.7 Å². The predicted molar refractivity (Wildman–Crippen MR) is 113 cm³/mol. The van der Waals surface area contributed by atoms with E-state index in [2.05, 4.69) is 45.2 Å². The van der Waals surface area contributed by atoms with Crippen LogP contribution in [0.25, 0.3) is 0 Å². The van der Waals surface area contributed by atoms with E-state index in [1.54, 1.807) is 11.8 Å². The summed E-state index contributed by atoms with van der Waals surface area (Å²) in [6.07, 6.45) is 6.59. The largest absolute Gasteiger partial charge is 0.393 e. The van der Waals surface area contributed by atoms with Gasteiger partial charge in [0.05, 0.1) is 12.8 Å². The molecule has 0 unspecified atom stereocenters. The summed E-state index contributed by atoms with van der Waals surface area (Å²) in [7, 11) is 0. The van der Waals surface area contributed by atoms with Crippen LogP contribution in [0.3, 0.4) is 0 Å². The lowest BCUT2D eigenvalue weighted by Crippen LogP contribution is -2.55. The number of rotatable bonds is 3. The van der Waals surface area contributed by atoms with E-state index in [0.29, 0.717) is 12.1 Å². The van der Waals surface area contributed by atoms with Crippen LogP contribution in [0.1, 0.15) is 42.0 Å². The summed E-state index contributed by atoms with van der Waals surface area (Å²) < 4.78 is 0. The number of nitrogens with one attached hydrogen (secondary N) is 1. The molecule has 28 heavy (non-hydrogen) atoms. The lowest BCUT2D eigenvalue weighted by Gasteiger charge is -2.49. The molecule has 1 atom stereocenters. The summed E-state index contributed by atoms with van der Waals surface area (Å²) in [6, 6.07) is 7.36. The number of aromatic nitrogens is 2. The zero-order chi connectivity index (χ0) is 19.3. The molecule has 0 bridgehead atoms. The van der Waals surface area contributed by atoms with Crippen LogP contribution in [0, 0.1) is 6.92 Å². The van der Waals surface area contributed by atoms with Gasteiger partial charge in [0.25, 0.3) is 0 Å². The predicted octanol–water partition coefficient (Wildman–Crippen LogP) is 3.17. The van der Waals surface area contributed by atoms with Crippen molar-refractivity contribution in [3.8, 4) is 0 Å². The molecular weight excluding hydrogens is 370 g/mol. The van der Waals surface area contributed by atoms with E-state index in [1.807, 2.05) is 12.5 Å². The number of fused-ring (bicyclic) bond motifs is 2. The molecule has 1 saturated carbocycles. The number of aryl methyl sites for hydroxylation is 1. The number of aliphatic hydroxyl groups excluding tert-OH is 1. The number of para-hydroxylation sites is 1. The third-order valence-corrected chi connectivity index (χ3v) is 6.90. The van der Waals surface area contributed by atoms with Crippen molar-refractivity contribution < 1.29 is 5.11 Å². The number of aliphatic hydroxyl groups is 1. The number of thioether (sulfide) groups is 1. The highest BCUT2D eigenvalue weighted by atomic mass is 32.2. The van der Waals surface area contributed by atoms with E-state index in [9.17, 15) is 5.11 Å². The Labute approximate surface area is 170 Å². The first-order valence-corrected chi connectivity index (χ1v) is 11.3. The standard InChI is InChI=1S/C21H27N5OS/c1-13-4-3-5-17-18(6-7-22-19(13)17)25-11-14-10-23-21(28-2)24-20(14)26(12-25)15-8-16(27)9-15/h3-5,10,15-16,18,22,27H,6-9,11-12H2,1-2H3/t15?,16?,18-/m0/s1. The first kappa shape index (κ1) is 18.2. The van der Waals surface area contributed by atoms with Crippen LogP contribution >= 0.6 is 11.8 Å². The highest BCUT2D eigenvalue weighted by Gasteiger charge is 2.39. The van der Waals surface area contributed by atoms with E-state index >= 15 is 0 Å². The summed E-state index contributed by atoms with van der Waals surface area (Å²) in [5, 5.41) is 14.3. The molecule has 2 N–H and O–H groups in total. The maximum absolute atomic E-state index is 9.89. The summed E-state index contributed by atoms with van der Waals surface area (Å²) in [6.45, 7) is 4.90. The van der Waals surface area contributed by atoms with Gasteiger partial charge in [0.1, 0.15) is 5.82 Å². The van der Waals surface area contributed by atoms with Gasteiger partial charge in [-0.15, -0.1) is 0 Å². The zero-order valence-electron chi connectivity index (χ0n) is 16.4. The Morgan fingerprint density at radius 1 is 1.29 bits per heavy atom. The summed E-state index contributed by atoms with van der Waals surface area (Å²) in [4.78, 5) is 14.3. The van der Waals surface area contributed by atoms with Gasteiger partial charge in [-0.3, -0.25) is 4.90 Å². The van der Waals surface area contributed by atoms with Gasteiger partial charge in [0.2, 0.25) is 0 Å². The fourth-order valence-electron chi connectivity index (χ4n) is 4.76. The second-order valence-corrected chi connectivity index (χ2v) is 8.89. The monoisotopic (exact) mass is 397 g/mol. The number of benzene rings is 1. The first-order valence-electron chi connectivity index (χ1n) is 10.1. The minimum Gasteiger partial charge on any atom is -0.393 e. The van der Waals surface area contributed by atoms with Crippen LogP contribution in [0.4, 0.5) is 11.5 Å². The van der Waals surface area contributed by atoms with Gasteiger partial charge >= 0.3 is 0 Å². The number of hydrogen-bond donors (Lipinski definition) is 2. The maximum Gasteiger partial charge on any atom is 0.189 e. The molecule has 3 aliphatic rings. The molecule has 2 aliphatic heterocycles. The molecule has 1 aliphatic carbocycles. The Hall–Kier alpha value is -1.83. The van der Waals surface area contributed by atoms with Gasteiger partial charge in [0.15, 0.2) is 5.16 Å². The average molecular weight is 398 g/mol. The van der Waals surface area contributed by atoms with E-state index in [0.717, 1.165) is 50.0 Å². The molecule has 1 fully saturated rings. The fraction of sp³-hybridized carbons (Fsp3) is 0.524. The van der Waals surface area contributed by atoms with Crippen molar-refractivity contribution in [1.29, 1.82) is 0 Å². The third kappa shape index (κ3) is 3.06. The van der Waals surface area contributed by atoms with Crippen molar-refractivity contribution in [3.63, 3.8) is 0 Å². The Morgan fingerprint density at radius 3 is 2.93 bits per heavy atom. The van der Waals surface area contributed by atoms with Crippen LogP contribution in [-0.4, -0.2) is 51.6 Å². The van der Waals surface area contributed by atoms with E-state index in [1.165, 1.54) is 22.4 Å². The molecule has 0 saturated heterocycles. The van der Waals surface area contributed by atoms with E-state index in [4.69, 9.17) is 4.98 Å². The number of anilines is 2. The molecule has 2 aromatic rings. The van der Waals surface area contributed by atoms with Crippen molar-refractivity contribution in [1.82, 2.24) is 14.9 Å². The third-order valence-electron chi connectivity index (χ3n) is 6.34. The zero-order valence-corrected chi connectivity index (χ0v) is 17.2. The quantitative estimate of drug-likeness (QED) is 0.609. The van der Waals surface area contributed by atoms with Gasteiger partial charge in [-0.2, -0.15) is 0 Å². The Balaban J connectivity index is 1.50. The molecule has 148 valence electrons. The molecule has 5 rings (SSSR count). The minimum absolute atomic E-state index is 0.173. The molecule has 3 heterocycles. The van der Waals surface area contributed by atoms with Crippen LogP contribution < -0.4 is 10.2 Å². The van der Waals surface area contributed by atoms with Crippen molar-refractivity contribution in [2.24, 2.45) is 0 Å².